The van der Waals surface area contributed by atoms with Gasteiger partial charge in [0, 0.05) is 54.8 Å². The van der Waals surface area contributed by atoms with E-state index in [0.29, 0.717) is 17.5 Å². The predicted octanol–water partition coefficient (Wildman–Crippen LogP) is 14.1. The zero-order chi connectivity index (χ0) is 40.0. The zero-order valence-corrected chi connectivity index (χ0v) is 32.7. The van der Waals surface area contributed by atoms with Crippen LogP contribution in [0.4, 0.5) is 0 Å². The smallest absolute Gasteiger partial charge is 0.167 e. The number of hydrogen-bond acceptors (Lipinski definition) is 4. The first-order valence-corrected chi connectivity index (χ1v) is 20.5. The summed E-state index contributed by atoms with van der Waals surface area (Å²) in [6.07, 6.45) is 0. The lowest BCUT2D eigenvalue weighted by atomic mass is 9.99. The summed E-state index contributed by atoms with van der Waals surface area (Å²) in [6.45, 7) is 0. The maximum Gasteiger partial charge on any atom is 0.167 e. The first-order chi connectivity index (χ1) is 30.2. The Hall–Kier alpha value is -8.35. The van der Waals surface area contributed by atoms with Crippen molar-refractivity contribution in [3.63, 3.8) is 0 Å². The van der Waals surface area contributed by atoms with Gasteiger partial charge in [0.05, 0.1) is 27.6 Å². The predicted molar refractivity (Wildman–Crippen MR) is 250 cm³/mol. The van der Waals surface area contributed by atoms with Crippen LogP contribution in [0.5, 0.6) is 0 Å². The Kier molecular flexibility index (Phi) is 7.21. The van der Waals surface area contributed by atoms with E-state index >= 15 is 0 Å². The summed E-state index contributed by atoms with van der Waals surface area (Å²) in [4.78, 5) is 15.2. The molecular formula is C55H33N5O. The molecule has 4 aromatic heterocycles. The van der Waals surface area contributed by atoms with Crippen molar-refractivity contribution in [3.8, 4) is 45.5 Å². The van der Waals surface area contributed by atoms with Gasteiger partial charge in [-0.25, -0.2) is 15.0 Å². The normalized spacial score (nSPS) is 11.9. The standard InChI is InChI=1S/C55H33N5O/c1-4-16-34(17-5-1)53-56-54(35-18-6-2-7-19-35)58-55(57-53)45-30-36-20-10-11-23-39(36)51-44-31-38(28-29-50(44)61-52(45)51)60-47-27-15-13-25-41(47)43-32-42-40-24-12-14-26-46(40)59(48(42)33-49(43)60)37-21-8-3-9-22-37/h1-33H. The van der Waals surface area contributed by atoms with Gasteiger partial charge in [0.1, 0.15) is 11.2 Å². The summed E-state index contributed by atoms with van der Waals surface area (Å²) >= 11 is 0. The van der Waals surface area contributed by atoms with E-state index in [9.17, 15) is 0 Å². The lowest BCUT2D eigenvalue weighted by Crippen LogP contribution is -2.00. The molecule has 0 saturated carbocycles. The van der Waals surface area contributed by atoms with Crippen molar-refractivity contribution in [1.29, 1.82) is 0 Å². The van der Waals surface area contributed by atoms with Crippen molar-refractivity contribution in [2.24, 2.45) is 0 Å². The highest BCUT2D eigenvalue weighted by molar-refractivity contribution is 6.23. The molecule has 0 aliphatic heterocycles. The third-order valence-electron chi connectivity index (χ3n) is 12.1. The number of para-hydroxylation sites is 3. The fourth-order valence-electron chi connectivity index (χ4n) is 9.41. The van der Waals surface area contributed by atoms with E-state index in [1.807, 2.05) is 60.7 Å². The van der Waals surface area contributed by atoms with E-state index in [0.717, 1.165) is 77.3 Å². The van der Waals surface area contributed by atoms with Gasteiger partial charge in [-0.2, -0.15) is 0 Å². The van der Waals surface area contributed by atoms with Crippen LogP contribution >= 0.6 is 0 Å². The molecule has 0 atom stereocenters. The number of hydrogen-bond donors (Lipinski definition) is 0. The van der Waals surface area contributed by atoms with Gasteiger partial charge in [0.25, 0.3) is 0 Å². The molecule has 0 amide bonds. The van der Waals surface area contributed by atoms with Crippen molar-refractivity contribution >= 4 is 76.3 Å². The van der Waals surface area contributed by atoms with Gasteiger partial charge in [0.2, 0.25) is 0 Å². The van der Waals surface area contributed by atoms with E-state index in [1.165, 1.54) is 27.1 Å². The molecule has 0 N–H and O–H groups in total. The van der Waals surface area contributed by atoms with Gasteiger partial charge in [-0.05, 0) is 71.4 Å². The van der Waals surface area contributed by atoms with E-state index in [-0.39, 0.29) is 0 Å². The summed E-state index contributed by atoms with van der Waals surface area (Å²) in [5.41, 5.74) is 11.0. The van der Waals surface area contributed by atoms with E-state index in [1.54, 1.807) is 0 Å². The largest absolute Gasteiger partial charge is 0.455 e. The van der Waals surface area contributed by atoms with Gasteiger partial charge in [-0.3, -0.25) is 0 Å². The van der Waals surface area contributed by atoms with E-state index < -0.39 is 0 Å². The number of rotatable bonds is 5. The summed E-state index contributed by atoms with van der Waals surface area (Å²) in [6, 6.07) is 70.3. The molecule has 0 aliphatic rings. The van der Waals surface area contributed by atoms with Crippen molar-refractivity contribution in [2.45, 2.75) is 0 Å². The van der Waals surface area contributed by atoms with E-state index in [4.69, 9.17) is 19.4 Å². The number of nitrogens with zero attached hydrogens (tertiary/aromatic N) is 5. The van der Waals surface area contributed by atoms with Crippen molar-refractivity contribution in [1.82, 2.24) is 24.1 Å². The van der Waals surface area contributed by atoms with Crippen LogP contribution < -0.4 is 0 Å². The highest BCUT2D eigenvalue weighted by Gasteiger charge is 2.23. The SMILES string of the molecule is c1ccc(-c2nc(-c3ccccc3)nc(-c3cc4ccccc4c4c3oc3ccc(-n5c6ccccc6c6cc7c8ccccc8n(-c8ccccc8)c7cc65)cc34)n2)cc1. The molecule has 4 heterocycles. The molecule has 0 unspecified atom stereocenters. The van der Waals surface area contributed by atoms with Gasteiger partial charge in [-0.15, -0.1) is 0 Å². The zero-order valence-electron chi connectivity index (χ0n) is 32.7. The molecule has 61 heavy (non-hydrogen) atoms. The highest BCUT2D eigenvalue weighted by atomic mass is 16.3. The van der Waals surface area contributed by atoms with Crippen molar-refractivity contribution in [3.05, 3.63) is 200 Å². The van der Waals surface area contributed by atoms with Crippen LogP contribution in [0.15, 0.2) is 205 Å². The Bertz CT molecular complexity index is 3810. The summed E-state index contributed by atoms with van der Waals surface area (Å²) in [7, 11) is 0. The molecule has 13 aromatic rings. The Morgan fingerprint density at radius 3 is 1.51 bits per heavy atom. The number of furan rings is 1. The van der Waals surface area contributed by atoms with Crippen molar-refractivity contribution < 1.29 is 4.42 Å². The minimum absolute atomic E-state index is 0.558. The molecule has 6 nitrogen and oxygen atoms in total. The maximum absolute atomic E-state index is 6.93. The minimum Gasteiger partial charge on any atom is -0.455 e. The van der Waals surface area contributed by atoms with Crippen LogP contribution in [-0.2, 0) is 0 Å². The molecule has 284 valence electrons. The quantitative estimate of drug-likeness (QED) is 0.175. The van der Waals surface area contributed by atoms with E-state index in [2.05, 4.69) is 149 Å². The highest BCUT2D eigenvalue weighted by Crippen LogP contribution is 2.44. The van der Waals surface area contributed by atoms with Crippen LogP contribution in [0.25, 0.3) is 122 Å². The fraction of sp³-hybridized carbons (Fsp3) is 0. The number of aromatic nitrogens is 5. The molecule has 0 bridgehead atoms. The summed E-state index contributed by atoms with van der Waals surface area (Å²) in [5.74, 6) is 1.77. The number of fused-ring (bicyclic) bond motifs is 11. The number of benzene rings is 9. The summed E-state index contributed by atoms with van der Waals surface area (Å²) in [5, 5.41) is 9.12. The third kappa shape index (κ3) is 5.12. The topological polar surface area (TPSA) is 61.7 Å². The second-order valence-corrected chi connectivity index (χ2v) is 15.6. The second-order valence-electron chi connectivity index (χ2n) is 15.6. The summed E-state index contributed by atoms with van der Waals surface area (Å²) < 4.78 is 11.7. The molecule has 9 aromatic carbocycles. The fourth-order valence-corrected chi connectivity index (χ4v) is 9.41. The molecule has 6 heteroatoms. The lowest BCUT2D eigenvalue weighted by molar-refractivity contribution is 0.669. The first kappa shape index (κ1) is 33.6. The second kappa shape index (κ2) is 13.1. The Morgan fingerprint density at radius 1 is 0.344 bits per heavy atom. The molecule has 0 aliphatic carbocycles. The van der Waals surface area contributed by atoms with Crippen LogP contribution in [0.3, 0.4) is 0 Å². The van der Waals surface area contributed by atoms with Crippen LogP contribution in [0.1, 0.15) is 0 Å². The Morgan fingerprint density at radius 2 is 0.869 bits per heavy atom. The molecular weight excluding hydrogens is 747 g/mol. The van der Waals surface area contributed by atoms with Gasteiger partial charge in [0.15, 0.2) is 17.5 Å². The molecule has 0 radical (unpaired) electrons. The van der Waals surface area contributed by atoms with Crippen LogP contribution in [0, 0.1) is 0 Å². The first-order valence-electron chi connectivity index (χ1n) is 20.5. The Balaban J connectivity index is 1.08. The van der Waals surface area contributed by atoms with Gasteiger partial charge in [-0.1, -0.05) is 140 Å². The van der Waals surface area contributed by atoms with Crippen LogP contribution in [0.2, 0.25) is 0 Å². The molecule has 0 fully saturated rings. The molecule has 13 rings (SSSR count). The van der Waals surface area contributed by atoms with Gasteiger partial charge < -0.3 is 13.6 Å². The molecule has 0 spiro atoms. The third-order valence-corrected chi connectivity index (χ3v) is 12.1. The molecule has 0 saturated heterocycles. The monoisotopic (exact) mass is 779 g/mol. The minimum atomic E-state index is 0.558. The van der Waals surface area contributed by atoms with Gasteiger partial charge >= 0.3 is 0 Å². The Labute approximate surface area is 349 Å². The lowest BCUT2D eigenvalue weighted by Gasteiger charge is -2.11. The average molecular weight is 780 g/mol. The maximum atomic E-state index is 6.93. The average Bonchev–Trinajstić information content (AvgIpc) is 3.98. The van der Waals surface area contributed by atoms with Crippen molar-refractivity contribution in [2.75, 3.05) is 0 Å². The van der Waals surface area contributed by atoms with Crippen LogP contribution in [-0.4, -0.2) is 24.1 Å².